The van der Waals surface area contributed by atoms with Crippen molar-refractivity contribution in [3.8, 4) is 11.5 Å². The van der Waals surface area contributed by atoms with Gasteiger partial charge in [-0.2, -0.15) is 0 Å². The molecular weight excluding hydrogens is 450 g/mol. The Kier molecular flexibility index (Phi) is 7.76. The molecule has 4 aromatic rings. The minimum atomic E-state index is -0.260. The lowest BCUT2D eigenvalue weighted by Gasteiger charge is -2.19. The van der Waals surface area contributed by atoms with Gasteiger partial charge in [0.25, 0.3) is 5.91 Å². The molecule has 1 N–H and O–H groups in total. The van der Waals surface area contributed by atoms with Crippen LogP contribution in [0.2, 0.25) is 0 Å². The average Bonchev–Trinajstić information content (AvgIpc) is 3.51. The molecule has 0 saturated carbocycles. The summed E-state index contributed by atoms with van der Waals surface area (Å²) < 4.78 is 13.4. The maximum atomic E-state index is 13.1. The van der Waals surface area contributed by atoms with Crippen LogP contribution in [-0.2, 0) is 13.2 Å². The van der Waals surface area contributed by atoms with E-state index >= 15 is 0 Å². The molecule has 0 unspecified atom stereocenters. The molecule has 0 radical (unpaired) electrons. The number of imidazole rings is 1. The lowest BCUT2D eigenvalue weighted by Crippen LogP contribution is -2.27. The van der Waals surface area contributed by atoms with Crippen LogP contribution in [0.4, 0.5) is 5.95 Å². The fourth-order valence-electron chi connectivity index (χ4n) is 3.74. The van der Waals surface area contributed by atoms with Gasteiger partial charge in [0.05, 0.1) is 29.3 Å². The standard InChI is InChI=1S/C25H29N5O3S/c1-4-29(5-2)12-13-30-21-9-7-6-8-20(21)27-25(30)28-24(31)18-10-11-22(23(14-18)32-3)33-15-19-16-34-17-26-19/h6-11,14,16-17H,4-5,12-13,15H2,1-3H3,(H,27,28,31). The molecule has 0 fully saturated rings. The Bertz CT molecular complexity index is 1230. The van der Waals surface area contributed by atoms with E-state index in [0.29, 0.717) is 29.6 Å². The SMILES string of the molecule is CCN(CC)CCn1c(NC(=O)c2ccc(OCc3cscn3)c(OC)c2)nc2ccccc21. The first-order chi connectivity index (χ1) is 16.6. The maximum Gasteiger partial charge on any atom is 0.258 e. The van der Waals surface area contributed by atoms with Gasteiger partial charge in [0.15, 0.2) is 11.5 Å². The van der Waals surface area contributed by atoms with E-state index in [9.17, 15) is 4.79 Å². The summed E-state index contributed by atoms with van der Waals surface area (Å²) in [4.78, 5) is 24.4. The topological polar surface area (TPSA) is 81.5 Å². The highest BCUT2D eigenvalue weighted by atomic mass is 32.1. The number of benzene rings is 2. The van der Waals surface area contributed by atoms with Crippen LogP contribution in [0.1, 0.15) is 29.9 Å². The molecule has 4 rings (SSSR count). The zero-order valence-corrected chi connectivity index (χ0v) is 20.5. The van der Waals surface area contributed by atoms with E-state index in [4.69, 9.17) is 9.47 Å². The molecule has 0 atom stereocenters. The van der Waals surface area contributed by atoms with Crippen molar-refractivity contribution in [1.82, 2.24) is 19.4 Å². The van der Waals surface area contributed by atoms with Crippen LogP contribution < -0.4 is 14.8 Å². The monoisotopic (exact) mass is 479 g/mol. The summed E-state index contributed by atoms with van der Waals surface area (Å²) in [7, 11) is 1.55. The Hall–Kier alpha value is -3.43. The minimum absolute atomic E-state index is 0.260. The van der Waals surface area contributed by atoms with Gasteiger partial charge in [-0.25, -0.2) is 9.97 Å². The van der Waals surface area contributed by atoms with E-state index < -0.39 is 0 Å². The van der Waals surface area contributed by atoms with E-state index in [0.717, 1.165) is 42.9 Å². The van der Waals surface area contributed by atoms with Crippen LogP contribution in [0.15, 0.2) is 53.4 Å². The van der Waals surface area contributed by atoms with Gasteiger partial charge < -0.3 is 18.9 Å². The molecule has 0 spiro atoms. The molecule has 0 bridgehead atoms. The number of fused-ring (bicyclic) bond motifs is 1. The number of carbonyl (C=O) groups excluding carboxylic acids is 1. The highest BCUT2D eigenvalue weighted by Gasteiger charge is 2.17. The number of nitrogens with zero attached hydrogens (tertiary/aromatic N) is 4. The van der Waals surface area contributed by atoms with E-state index in [1.165, 1.54) is 11.3 Å². The number of anilines is 1. The molecule has 2 aromatic carbocycles. The average molecular weight is 480 g/mol. The van der Waals surface area contributed by atoms with Crippen molar-refractivity contribution < 1.29 is 14.3 Å². The number of hydrogen-bond acceptors (Lipinski definition) is 7. The number of aromatic nitrogens is 3. The van der Waals surface area contributed by atoms with E-state index in [2.05, 4.69) is 38.6 Å². The minimum Gasteiger partial charge on any atom is -0.493 e. The molecule has 2 heterocycles. The van der Waals surface area contributed by atoms with E-state index in [-0.39, 0.29) is 5.91 Å². The van der Waals surface area contributed by atoms with Crippen LogP contribution in [0, 0.1) is 0 Å². The molecule has 34 heavy (non-hydrogen) atoms. The van der Waals surface area contributed by atoms with Gasteiger partial charge in [-0.15, -0.1) is 11.3 Å². The Morgan fingerprint density at radius 2 is 1.97 bits per heavy atom. The van der Waals surface area contributed by atoms with Crippen LogP contribution in [0.25, 0.3) is 11.0 Å². The van der Waals surface area contributed by atoms with Crippen molar-refractivity contribution in [1.29, 1.82) is 0 Å². The van der Waals surface area contributed by atoms with Gasteiger partial charge in [-0.1, -0.05) is 26.0 Å². The van der Waals surface area contributed by atoms with Gasteiger partial charge in [-0.05, 0) is 43.4 Å². The molecule has 0 aliphatic heterocycles. The number of nitrogens with one attached hydrogen (secondary N) is 1. The van der Waals surface area contributed by atoms with E-state index in [1.54, 1.807) is 30.8 Å². The maximum absolute atomic E-state index is 13.1. The van der Waals surface area contributed by atoms with Crippen molar-refractivity contribution in [3.05, 3.63) is 64.6 Å². The summed E-state index contributed by atoms with van der Waals surface area (Å²) in [6, 6.07) is 13.0. The Labute approximate surface area is 203 Å². The Morgan fingerprint density at radius 1 is 1.15 bits per heavy atom. The van der Waals surface area contributed by atoms with Gasteiger partial charge in [-0.3, -0.25) is 10.1 Å². The van der Waals surface area contributed by atoms with Gasteiger partial charge in [0, 0.05) is 24.0 Å². The molecule has 178 valence electrons. The highest BCUT2D eigenvalue weighted by Crippen LogP contribution is 2.29. The number of rotatable bonds is 11. The number of ether oxygens (including phenoxy) is 2. The first kappa shape index (κ1) is 23.7. The normalized spacial score (nSPS) is 11.2. The largest absolute Gasteiger partial charge is 0.493 e. The number of thiazole rings is 1. The quantitative estimate of drug-likeness (QED) is 0.337. The van der Waals surface area contributed by atoms with Crippen LogP contribution in [0.5, 0.6) is 11.5 Å². The lowest BCUT2D eigenvalue weighted by atomic mass is 10.2. The summed E-state index contributed by atoms with van der Waals surface area (Å²) in [6.07, 6.45) is 0. The molecule has 1 amide bonds. The third-order valence-electron chi connectivity index (χ3n) is 5.70. The predicted octanol–water partition coefficient (Wildman–Crippen LogP) is 4.67. The summed E-state index contributed by atoms with van der Waals surface area (Å²) >= 11 is 1.52. The van der Waals surface area contributed by atoms with Gasteiger partial charge in [0.1, 0.15) is 6.61 Å². The molecular formula is C25H29N5O3S. The first-order valence-corrected chi connectivity index (χ1v) is 12.2. The number of carbonyl (C=O) groups is 1. The molecule has 0 aliphatic rings. The molecule has 8 nitrogen and oxygen atoms in total. The smallest absolute Gasteiger partial charge is 0.258 e. The van der Waals surface area contributed by atoms with Crippen LogP contribution >= 0.6 is 11.3 Å². The first-order valence-electron chi connectivity index (χ1n) is 11.3. The van der Waals surface area contributed by atoms with Crippen molar-refractivity contribution >= 4 is 34.2 Å². The molecule has 0 aliphatic carbocycles. The fraction of sp³-hybridized carbons (Fsp3) is 0.320. The summed E-state index contributed by atoms with van der Waals surface area (Å²) in [6.45, 7) is 8.18. The molecule has 9 heteroatoms. The third kappa shape index (κ3) is 5.37. The second kappa shape index (κ2) is 11.1. The van der Waals surface area contributed by atoms with E-state index in [1.807, 2.05) is 29.6 Å². The second-order valence-corrected chi connectivity index (χ2v) is 8.41. The van der Waals surface area contributed by atoms with Crippen LogP contribution in [0.3, 0.4) is 0 Å². The van der Waals surface area contributed by atoms with Crippen molar-refractivity contribution in [2.24, 2.45) is 0 Å². The zero-order valence-electron chi connectivity index (χ0n) is 19.7. The number of hydrogen-bond donors (Lipinski definition) is 1. The van der Waals surface area contributed by atoms with Crippen molar-refractivity contribution in [2.45, 2.75) is 27.0 Å². The Morgan fingerprint density at radius 3 is 2.71 bits per heavy atom. The second-order valence-electron chi connectivity index (χ2n) is 7.69. The zero-order chi connectivity index (χ0) is 23.9. The summed E-state index contributed by atoms with van der Waals surface area (Å²) in [5.41, 5.74) is 4.91. The molecule has 2 aromatic heterocycles. The third-order valence-corrected chi connectivity index (χ3v) is 6.33. The Balaban J connectivity index is 1.53. The van der Waals surface area contributed by atoms with Gasteiger partial charge in [0.2, 0.25) is 5.95 Å². The highest BCUT2D eigenvalue weighted by molar-refractivity contribution is 7.07. The number of para-hydroxylation sites is 2. The molecule has 0 saturated heterocycles. The predicted molar refractivity (Wildman–Crippen MR) is 135 cm³/mol. The fourth-order valence-corrected chi connectivity index (χ4v) is 4.28. The summed E-state index contributed by atoms with van der Waals surface area (Å²) in [5, 5.41) is 4.92. The van der Waals surface area contributed by atoms with Crippen molar-refractivity contribution in [3.63, 3.8) is 0 Å². The summed E-state index contributed by atoms with van der Waals surface area (Å²) in [5.74, 6) is 1.31. The lowest BCUT2D eigenvalue weighted by molar-refractivity contribution is 0.102. The number of methoxy groups -OCH3 is 1. The van der Waals surface area contributed by atoms with Crippen LogP contribution in [-0.4, -0.2) is 52.1 Å². The number of amides is 1. The van der Waals surface area contributed by atoms with Crippen molar-refractivity contribution in [2.75, 3.05) is 32.1 Å². The number of likely N-dealkylation sites (N-methyl/N-ethyl adjacent to an activating group) is 1. The van der Waals surface area contributed by atoms with Gasteiger partial charge >= 0.3 is 0 Å².